The van der Waals surface area contributed by atoms with Gasteiger partial charge >= 0.3 is 0 Å². The monoisotopic (exact) mass is 464 g/mol. The average molecular weight is 465 g/mol. The number of rotatable bonds is 3. The Hall–Kier alpha value is -2.55. The Morgan fingerprint density at radius 2 is 1.66 bits per heavy atom. The normalized spacial score (nSPS) is 17.7. The maximum atomic E-state index is 13.3. The lowest BCUT2D eigenvalue weighted by Gasteiger charge is -2.35. The zero-order valence-electron chi connectivity index (χ0n) is 17.7. The molecular formula is C24H24N4O2S2. The van der Waals surface area contributed by atoms with Crippen molar-refractivity contribution in [1.82, 2.24) is 14.3 Å². The molecule has 1 saturated heterocycles. The van der Waals surface area contributed by atoms with Crippen LogP contribution < -0.4 is 4.90 Å². The van der Waals surface area contributed by atoms with Crippen LogP contribution in [-0.4, -0.2) is 48.9 Å². The smallest absolute Gasteiger partial charge is 0.243 e. The van der Waals surface area contributed by atoms with Crippen LogP contribution in [0.2, 0.25) is 0 Å². The summed E-state index contributed by atoms with van der Waals surface area (Å²) >= 11 is 1.80. The number of anilines is 1. The first-order valence-corrected chi connectivity index (χ1v) is 13.4. The number of aromatic nitrogens is 2. The Morgan fingerprint density at radius 3 is 2.50 bits per heavy atom. The highest BCUT2D eigenvalue weighted by molar-refractivity contribution is 7.89. The van der Waals surface area contributed by atoms with E-state index < -0.39 is 10.0 Å². The van der Waals surface area contributed by atoms with Gasteiger partial charge in [0, 0.05) is 31.1 Å². The molecule has 0 radical (unpaired) electrons. The molecule has 2 aromatic heterocycles. The molecule has 0 atom stereocenters. The third-order valence-corrected chi connectivity index (χ3v) is 9.72. The lowest BCUT2D eigenvalue weighted by molar-refractivity contribution is 0.384. The van der Waals surface area contributed by atoms with Crippen LogP contribution in [0.5, 0.6) is 0 Å². The van der Waals surface area contributed by atoms with Gasteiger partial charge in [-0.25, -0.2) is 18.4 Å². The largest absolute Gasteiger partial charge is 0.353 e. The first kappa shape index (κ1) is 20.1. The maximum Gasteiger partial charge on any atom is 0.243 e. The molecule has 1 fully saturated rings. The first-order valence-electron chi connectivity index (χ1n) is 11.1. The van der Waals surface area contributed by atoms with Gasteiger partial charge in [-0.05, 0) is 54.2 Å². The van der Waals surface area contributed by atoms with Gasteiger partial charge in [0.15, 0.2) is 0 Å². The van der Waals surface area contributed by atoms with Gasteiger partial charge in [-0.15, -0.1) is 11.3 Å². The van der Waals surface area contributed by atoms with Crippen LogP contribution in [0.25, 0.3) is 21.0 Å². The number of piperazine rings is 1. The topological polar surface area (TPSA) is 66.4 Å². The lowest BCUT2D eigenvalue weighted by atomic mass is 9.97. The van der Waals surface area contributed by atoms with Gasteiger partial charge in [0.25, 0.3) is 0 Å². The van der Waals surface area contributed by atoms with E-state index in [1.165, 1.54) is 28.7 Å². The summed E-state index contributed by atoms with van der Waals surface area (Å²) in [5.41, 5.74) is 1.41. The summed E-state index contributed by atoms with van der Waals surface area (Å²) in [5, 5.41) is 3.18. The number of hydrogen-bond acceptors (Lipinski definition) is 6. The summed E-state index contributed by atoms with van der Waals surface area (Å²) < 4.78 is 28.2. The summed E-state index contributed by atoms with van der Waals surface area (Å²) in [7, 11) is -3.53. The molecule has 4 aromatic rings. The van der Waals surface area contributed by atoms with Gasteiger partial charge in [0.05, 0.1) is 10.3 Å². The number of aryl methyl sites for hydroxylation is 2. The van der Waals surface area contributed by atoms with Crippen LogP contribution in [0.4, 0.5) is 5.82 Å². The number of benzene rings is 2. The number of nitrogens with zero attached hydrogens (tertiary/aromatic N) is 4. The molecule has 0 N–H and O–H groups in total. The molecule has 6 nitrogen and oxygen atoms in total. The highest BCUT2D eigenvalue weighted by Crippen LogP contribution is 2.39. The van der Waals surface area contributed by atoms with Gasteiger partial charge in [0.2, 0.25) is 10.0 Å². The van der Waals surface area contributed by atoms with Gasteiger partial charge in [-0.1, -0.05) is 30.3 Å². The van der Waals surface area contributed by atoms with Crippen molar-refractivity contribution in [2.45, 2.75) is 30.6 Å². The minimum Gasteiger partial charge on any atom is -0.353 e. The lowest BCUT2D eigenvalue weighted by Crippen LogP contribution is -2.49. The van der Waals surface area contributed by atoms with Gasteiger partial charge < -0.3 is 4.90 Å². The second-order valence-electron chi connectivity index (χ2n) is 8.49. The molecule has 1 aliphatic heterocycles. The Kier molecular flexibility index (Phi) is 4.89. The molecule has 0 spiro atoms. The van der Waals surface area contributed by atoms with Crippen molar-refractivity contribution in [1.29, 1.82) is 0 Å². The molecule has 3 heterocycles. The van der Waals surface area contributed by atoms with Crippen LogP contribution in [0, 0.1) is 0 Å². The Balaban J connectivity index is 1.27. The van der Waals surface area contributed by atoms with E-state index in [0.29, 0.717) is 31.1 Å². The van der Waals surface area contributed by atoms with Crippen molar-refractivity contribution in [2.24, 2.45) is 0 Å². The molecule has 0 saturated carbocycles. The van der Waals surface area contributed by atoms with Crippen molar-refractivity contribution < 1.29 is 8.42 Å². The van der Waals surface area contributed by atoms with E-state index in [1.54, 1.807) is 34.1 Å². The Morgan fingerprint density at radius 1 is 0.875 bits per heavy atom. The summed E-state index contributed by atoms with van der Waals surface area (Å²) in [6, 6.07) is 13.2. The molecule has 6 rings (SSSR count). The summed E-state index contributed by atoms with van der Waals surface area (Å²) in [5.74, 6) is 0.970. The quantitative estimate of drug-likeness (QED) is 0.454. The molecule has 0 bridgehead atoms. The van der Waals surface area contributed by atoms with E-state index >= 15 is 0 Å². The predicted octanol–water partition coefficient (Wildman–Crippen LogP) is 4.23. The highest BCUT2D eigenvalue weighted by Gasteiger charge is 2.30. The fraction of sp³-hybridized carbons (Fsp3) is 0.333. The zero-order valence-corrected chi connectivity index (χ0v) is 19.3. The Bertz CT molecular complexity index is 1420. The minimum absolute atomic E-state index is 0.362. The van der Waals surface area contributed by atoms with E-state index in [-0.39, 0.29) is 0 Å². The second kappa shape index (κ2) is 7.79. The number of hydrogen-bond donors (Lipinski definition) is 0. The molecule has 164 valence electrons. The SMILES string of the molecule is O=S(=O)(c1ccc2ccccc2c1)N1CCN(c2ncnc3sc4c(c23)CCCC4)CC1. The molecule has 32 heavy (non-hydrogen) atoms. The molecule has 2 aliphatic rings. The molecule has 2 aromatic carbocycles. The second-order valence-corrected chi connectivity index (χ2v) is 11.5. The fourth-order valence-corrected chi connectivity index (χ4v) is 7.61. The molecule has 1 aliphatic carbocycles. The van der Waals surface area contributed by atoms with Gasteiger partial charge in [0.1, 0.15) is 17.0 Å². The third kappa shape index (κ3) is 3.29. The molecule has 0 amide bonds. The first-order chi connectivity index (χ1) is 15.6. The van der Waals surface area contributed by atoms with Gasteiger partial charge in [-0.2, -0.15) is 4.31 Å². The van der Waals surface area contributed by atoms with Crippen LogP contribution in [-0.2, 0) is 22.9 Å². The van der Waals surface area contributed by atoms with Crippen molar-refractivity contribution >= 4 is 48.2 Å². The van der Waals surface area contributed by atoms with Crippen LogP contribution in [0.15, 0.2) is 53.7 Å². The van der Waals surface area contributed by atoms with E-state index in [1.807, 2.05) is 30.3 Å². The van der Waals surface area contributed by atoms with Crippen LogP contribution >= 0.6 is 11.3 Å². The fourth-order valence-electron chi connectivity index (χ4n) is 4.93. The van der Waals surface area contributed by atoms with Crippen molar-refractivity contribution in [3.8, 4) is 0 Å². The number of sulfonamides is 1. The van der Waals surface area contributed by atoms with Gasteiger partial charge in [-0.3, -0.25) is 0 Å². The minimum atomic E-state index is -3.53. The van der Waals surface area contributed by atoms with E-state index in [0.717, 1.165) is 34.3 Å². The Labute approximate surface area is 191 Å². The van der Waals surface area contributed by atoms with Crippen molar-refractivity contribution in [2.75, 3.05) is 31.1 Å². The molecule has 0 unspecified atom stereocenters. The van der Waals surface area contributed by atoms with E-state index in [9.17, 15) is 8.42 Å². The number of thiophene rings is 1. The zero-order chi connectivity index (χ0) is 21.7. The highest BCUT2D eigenvalue weighted by atomic mass is 32.2. The standard InChI is InChI=1S/C24H24N4O2S2/c29-32(30,19-10-9-17-5-1-2-6-18(17)15-19)28-13-11-27(12-14-28)23-22-20-7-3-4-8-21(20)31-24(22)26-16-25-23/h1-2,5-6,9-10,15-16H,3-4,7-8,11-14H2. The van der Waals surface area contributed by atoms with Crippen LogP contribution in [0.3, 0.4) is 0 Å². The van der Waals surface area contributed by atoms with Crippen molar-refractivity contribution in [3.63, 3.8) is 0 Å². The summed E-state index contributed by atoms with van der Waals surface area (Å²) in [6.45, 7) is 2.16. The third-order valence-electron chi connectivity index (χ3n) is 6.63. The maximum absolute atomic E-state index is 13.3. The van der Waals surface area contributed by atoms with Crippen molar-refractivity contribution in [3.05, 3.63) is 59.2 Å². The molecular weight excluding hydrogens is 440 g/mol. The predicted molar refractivity (Wildman–Crippen MR) is 129 cm³/mol. The number of fused-ring (bicyclic) bond motifs is 4. The average Bonchev–Trinajstić information content (AvgIpc) is 3.23. The van der Waals surface area contributed by atoms with E-state index in [2.05, 4.69) is 14.9 Å². The van der Waals surface area contributed by atoms with Crippen LogP contribution in [0.1, 0.15) is 23.3 Å². The summed E-state index contributed by atoms with van der Waals surface area (Å²) in [6.07, 6.45) is 6.33. The van der Waals surface area contributed by atoms with E-state index in [4.69, 9.17) is 0 Å². The molecule has 8 heteroatoms. The summed E-state index contributed by atoms with van der Waals surface area (Å²) in [4.78, 5) is 14.3.